The van der Waals surface area contributed by atoms with E-state index in [0.717, 1.165) is 10.4 Å². The molecule has 8 nitrogen and oxygen atoms in total. The fraction of sp³-hybridized carbons (Fsp3) is 0.400. The van der Waals surface area contributed by atoms with E-state index in [9.17, 15) is 23.6 Å². The number of aliphatic hydroxyl groups is 1. The third-order valence-corrected chi connectivity index (χ3v) is 4.84. The molecule has 1 aliphatic rings. The minimum Gasteiger partial charge on any atom is -0.386 e. The molecule has 3 N–H and O–H groups in total. The summed E-state index contributed by atoms with van der Waals surface area (Å²) in [6.07, 6.45) is 0. The molecule has 0 atom stereocenters. The first-order valence-corrected chi connectivity index (χ1v) is 6.90. The number of para-hydroxylation sites is 1. The maximum atomic E-state index is 12.2. The standard InChI is InChI=1S/C10H13N3O5S/c11-5-10(14)6-12(7-10)19(17,18)9-4-2-1-3-8(9)13(15)16/h1-4,14H,5-7,11H2. The summed E-state index contributed by atoms with van der Waals surface area (Å²) in [6, 6.07) is 5.10. The highest BCUT2D eigenvalue weighted by atomic mass is 32.2. The average molecular weight is 287 g/mol. The lowest BCUT2D eigenvalue weighted by atomic mass is 9.98. The molecule has 0 aromatic heterocycles. The van der Waals surface area contributed by atoms with E-state index in [1.54, 1.807) is 0 Å². The van der Waals surface area contributed by atoms with E-state index in [2.05, 4.69) is 0 Å². The van der Waals surface area contributed by atoms with Gasteiger partial charge in [-0.15, -0.1) is 0 Å². The van der Waals surface area contributed by atoms with Gasteiger partial charge in [0.25, 0.3) is 5.69 Å². The Balaban J connectivity index is 2.35. The van der Waals surface area contributed by atoms with Crippen LogP contribution < -0.4 is 5.73 Å². The van der Waals surface area contributed by atoms with Crippen LogP contribution in [0.3, 0.4) is 0 Å². The number of nitro groups is 1. The van der Waals surface area contributed by atoms with Crippen LogP contribution in [0.5, 0.6) is 0 Å². The molecule has 0 amide bonds. The number of rotatable bonds is 4. The van der Waals surface area contributed by atoms with E-state index >= 15 is 0 Å². The lowest BCUT2D eigenvalue weighted by Crippen LogP contribution is -2.66. The van der Waals surface area contributed by atoms with Gasteiger partial charge in [0.15, 0.2) is 4.90 Å². The number of nitro benzene ring substituents is 1. The fourth-order valence-electron chi connectivity index (χ4n) is 1.87. The number of sulfonamides is 1. The summed E-state index contributed by atoms with van der Waals surface area (Å²) in [7, 11) is -3.98. The van der Waals surface area contributed by atoms with Gasteiger partial charge in [-0.25, -0.2) is 8.42 Å². The third-order valence-electron chi connectivity index (χ3n) is 3.00. The van der Waals surface area contributed by atoms with Crippen LogP contribution in [0.25, 0.3) is 0 Å². The summed E-state index contributed by atoms with van der Waals surface area (Å²) in [5.74, 6) is 0. The van der Waals surface area contributed by atoms with E-state index < -0.39 is 26.2 Å². The summed E-state index contributed by atoms with van der Waals surface area (Å²) in [5, 5.41) is 20.5. The second kappa shape index (κ2) is 4.53. The van der Waals surface area contributed by atoms with Crippen molar-refractivity contribution in [2.24, 2.45) is 5.73 Å². The summed E-state index contributed by atoms with van der Waals surface area (Å²) in [4.78, 5) is 9.71. The van der Waals surface area contributed by atoms with E-state index in [1.165, 1.54) is 18.2 Å². The molecule has 0 unspecified atom stereocenters. The zero-order valence-electron chi connectivity index (χ0n) is 9.89. The number of nitrogens with zero attached hydrogens (tertiary/aromatic N) is 2. The zero-order chi connectivity index (χ0) is 14.3. The molecule has 0 radical (unpaired) electrons. The van der Waals surface area contributed by atoms with Crippen molar-refractivity contribution in [1.82, 2.24) is 4.31 Å². The highest BCUT2D eigenvalue weighted by Gasteiger charge is 2.47. The van der Waals surface area contributed by atoms with Gasteiger partial charge in [0.2, 0.25) is 10.0 Å². The molecule has 1 heterocycles. The molecule has 0 aliphatic carbocycles. The van der Waals surface area contributed by atoms with E-state index in [1.807, 2.05) is 0 Å². The van der Waals surface area contributed by atoms with Crippen molar-refractivity contribution in [3.63, 3.8) is 0 Å². The van der Waals surface area contributed by atoms with Crippen molar-refractivity contribution in [2.75, 3.05) is 19.6 Å². The number of benzene rings is 1. The van der Waals surface area contributed by atoms with Crippen LogP contribution in [0.15, 0.2) is 29.2 Å². The van der Waals surface area contributed by atoms with Gasteiger partial charge in [0.05, 0.1) is 4.92 Å². The monoisotopic (exact) mass is 287 g/mol. The Morgan fingerprint density at radius 2 is 2.00 bits per heavy atom. The Morgan fingerprint density at radius 1 is 1.42 bits per heavy atom. The van der Waals surface area contributed by atoms with Gasteiger partial charge in [-0.2, -0.15) is 4.31 Å². The minimum atomic E-state index is -3.98. The zero-order valence-corrected chi connectivity index (χ0v) is 10.7. The number of β-amino-alcohol motifs (C(OH)–C–C–N with tert-alkyl or cyclic N) is 1. The van der Waals surface area contributed by atoms with Crippen LogP contribution in [0.2, 0.25) is 0 Å². The fourth-order valence-corrected chi connectivity index (χ4v) is 3.63. The van der Waals surface area contributed by atoms with Crippen LogP contribution in [-0.2, 0) is 10.0 Å². The number of nitrogens with two attached hydrogens (primary N) is 1. The Morgan fingerprint density at radius 3 is 2.53 bits per heavy atom. The van der Waals surface area contributed by atoms with Crippen LogP contribution in [0, 0.1) is 10.1 Å². The Labute approximate surface area is 109 Å². The quantitative estimate of drug-likeness (QED) is 0.556. The lowest BCUT2D eigenvalue weighted by molar-refractivity contribution is -0.387. The maximum Gasteiger partial charge on any atom is 0.289 e. The first kappa shape index (κ1) is 13.9. The van der Waals surface area contributed by atoms with Crippen molar-refractivity contribution in [1.29, 1.82) is 0 Å². The smallest absolute Gasteiger partial charge is 0.289 e. The van der Waals surface area contributed by atoms with Crippen LogP contribution in [-0.4, -0.2) is 48.0 Å². The predicted octanol–water partition coefficient (Wildman–Crippen LogP) is -0.711. The van der Waals surface area contributed by atoms with E-state index in [0.29, 0.717) is 0 Å². The highest BCUT2D eigenvalue weighted by Crippen LogP contribution is 2.31. The van der Waals surface area contributed by atoms with Gasteiger partial charge in [0.1, 0.15) is 5.60 Å². The Hall–Kier alpha value is -1.55. The largest absolute Gasteiger partial charge is 0.386 e. The first-order valence-electron chi connectivity index (χ1n) is 5.46. The SMILES string of the molecule is NCC1(O)CN(S(=O)(=O)c2ccccc2[N+](=O)[O-])C1. The molecule has 104 valence electrons. The van der Waals surface area contributed by atoms with E-state index in [-0.39, 0.29) is 24.5 Å². The van der Waals surface area contributed by atoms with Crippen LogP contribution in [0.1, 0.15) is 0 Å². The van der Waals surface area contributed by atoms with Gasteiger partial charge >= 0.3 is 0 Å². The van der Waals surface area contributed by atoms with Crippen LogP contribution in [0.4, 0.5) is 5.69 Å². The molecular formula is C10H13N3O5S. The van der Waals surface area contributed by atoms with Gasteiger partial charge in [-0.1, -0.05) is 12.1 Å². The molecule has 1 aromatic carbocycles. The van der Waals surface area contributed by atoms with E-state index in [4.69, 9.17) is 5.73 Å². The molecule has 1 fully saturated rings. The predicted molar refractivity (Wildman–Crippen MR) is 65.9 cm³/mol. The van der Waals surface area contributed by atoms with Crippen molar-refractivity contribution in [3.8, 4) is 0 Å². The summed E-state index contributed by atoms with van der Waals surface area (Å²) >= 11 is 0. The summed E-state index contributed by atoms with van der Waals surface area (Å²) in [5.41, 5.74) is 3.59. The topological polar surface area (TPSA) is 127 Å². The average Bonchev–Trinajstić information content (AvgIpc) is 2.34. The summed E-state index contributed by atoms with van der Waals surface area (Å²) < 4.78 is 25.4. The molecule has 1 aromatic rings. The Bertz CT molecular complexity index is 609. The minimum absolute atomic E-state index is 0.0596. The molecular weight excluding hydrogens is 274 g/mol. The third kappa shape index (κ3) is 2.32. The molecule has 2 rings (SSSR count). The van der Waals surface area contributed by atoms with Crippen LogP contribution >= 0.6 is 0 Å². The van der Waals surface area contributed by atoms with Gasteiger partial charge < -0.3 is 10.8 Å². The first-order chi connectivity index (χ1) is 8.80. The summed E-state index contributed by atoms with van der Waals surface area (Å²) in [6.45, 7) is -0.369. The van der Waals surface area contributed by atoms with Crippen molar-refractivity contribution in [2.45, 2.75) is 10.5 Å². The normalized spacial score (nSPS) is 18.8. The molecule has 0 saturated carbocycles. The second-order valence-electron chi connectivity index (χ2n) is 4.43. The van der Waals surface area contributed by atoms with Crippen molar-refractivity contribution < 1.29 is 18.4 Å². The van der Waals surface area contributed by atoms with Crippen molar-refractivity contribution in [3.05, 3.63) is 34.4 Å². The highest BCUT2D eigenvalue weighted by molar-refractivity contribution is 7.89. The van der Waals surface area contributed by atoms with Gasteiger partial charge in [-0.3, -0.25) is 10.1 Å². The van der Waals surface area contributed by atoms with Gasteiger partial charge in [-0.05, 0) is 6.07 Å². The molecule has 0 spiro atoms. The Kier molecular flexibility index (Phi) is 3.31. The second-order valence-corrected chi connectivity index (χ2v) is 6.33. The maximum absolute atomic E-state index is 12.2. The number of hydrogen-bond acceptors (Lipinski definition) is 6. The molecule has 19 heavy (non-hydrogen) atoms. The van der Waals surface area contributed by atoms with Crippen molar-refractivity contribution >= 4 is 15.7 Å². The molecule has 0 bridgehead atoms. The molecule has 1 saturated heterocycles. The van der Waals surface area contributed by atoms with Gasteiger partial charge in [0, 0.05) is 25.7 Å². The lowest BCUT2D eigenvalue weighted by Gasteiger charge is -2.44. The molecule has 1 aliphatic heterocycles. The number of hydrogen-bond donors (Lipinski definition) is 2. The molecule has 9 heteroatoms.